The summed E-state index contributed by atoms with van der Waals surface area (Å²) < 4.78 is 17.8. The lowest BCUT2D eigenvalue weighted by Crippen LogP contribution is -2.39. The second kappa shape index (κ2) is 30.4. The number of allylic oxidation sites excluding steroid dienone is 3. The van der Waals surface area contributed by atoms with Crippen molar-refractivity contribution in [1.29, 1.82) is 21.0 Å². The van der Waals surface area contributed by atoms with Gasteiger partial charge in [-0.15, -0.1) is 0 Å². The summed E-state index contributed by atoms with van der Waals surface area (Å²) >= 11 is 0. The number of ether oxygens (including phenoxy) is 3. The average Bonchev–Trinajstić information content (AvgIpc) is 4.33. The van der Waals surface area contributed by atoms with E-state index in [1.54, 1.807) is 0 Å². The predicted molar refractivity (Wildman–Crippen MR) is 298 cm³/mol. The molecule has 6 aliphatic rings. The molecule has 3 atom stereocenters. The second-order valence-electron chi connectivity index (χ2n) is 22.1. The van der Waals surface area contributed by atoms with Crippen LogP contribution in [0, 0.1) is 64.4 Å². The van der Waals surface area contributed by atoms with Crippen molar-refractivity contribution >= 4 is 17.9 Å². The molecule has 3 fully saturated rings. The zero-order chi connectivity index (χ0) is 57.0. The van der Waals surface area contributed by atoms with Crippen molar-refractivity contribution in [2.24, 2.45) is 5.92 Å². The van der Waals surface area contributed by atoms with E-state index in [1.165, 1.54) is 0 Å². The minimum atomic E-state index is -1.09. The quantitative estimate of drug-likeness (QED) is 0.0292. The van der Waals surface area contributed by atoms with Gasteiger partial charge in [-0.25, -0.2) is 19.3 Å². The fourth-order valence-corrected chi connectivity index (χ4v) is 11.9. The third-order valence-corrected chi connectivity index (χ3v) is 16.8. The number of carbonyl (C=O) groups excluding carboxylic acids is 3. The Kier molecular flexibility index (Phi) is 23.6. The first-order chi connectivity index (χ1) is 38.3. The second-order valence-corrected chi connectivity index (χ2v) is 22.1. The number of nitriles is 4. The topological polar surface area (TPSA) is 202 Å². The molecule has 6 rings (SSSR count). The summed E-state index contributed by atoms with van der Waals surface area (Å²) in [5, 5.41) is 42.8. The number of carbonyl (C=O) groups is 3. The van der Waals surface area contributed by atoms with Gasteiger partial charge in [-0.1, -0.05) is 40.0 Å². The predicted octanol–water partition coefficient (Wildman–Crippen LogP) is 8.70. The highest BCUT2D eigenvalue weighted by molar-refractivity contribution is 5.96. The molecule has 0 aromatic heterocycles. The Hall–Kier alpha value is -6.93. The van der Waals surface area contributed by atoms with Crippen LogP contribution in [0.1, 0.15) is 136 Å². The monoisotopic (exact) mass is 1080 g/mol. The molecule has 0 amide bonds. The van der Waals surface area contributed by atoms with Gasteiger partial charge in [0.2, 0.25) is 0 Å². The zero-order valence-electron chi connectivity index (χ0n) is 47.8. The van der Waals surface area contributed by atoms with Gasteiger partial charge >= 0.3 is 17.9 Å². The Morgan fingerprint density at radius 1 is 0.544 bits per heavy atom. The molecule has 0 spiro atoms. The summed E-state index contributed by atoms with van der Waals surface area (Å²) in [4.78, 5) is 64.0. The summed E-state index contributed by atoms with van der Waals surface area (Å²) in [5.41, 5.74) is 3.20. The Labute approximate surface area is 470 Å². The van der Waals surface area contributed by atoms with E-state index in [4.69, 9.17) is 27.4 Å². The van der Waals surface area contributed by atoms with Gasteiger partial charge in [-0.05, 0) is 141 Å². The molecule has 0 aromatic rings. The highest BCUT2D eigenvalue weighted by Crippen LogP contribution is 2.41. The van der Waals surface area contributed by atoms with Crippen LogP contribution in [0.25, 0.3) is 9.69 Å². The molecule has 79 heavy (non-hydrogen) atoms. The lowest BCUT2D eigenvalue weighted by atomic mass is 9.84. The molecule has 3 aliphatic heterocycles. The van der Waals surface area contributed by atoms with E-state index in [1.807, 2.05) is 21.1 Å². The molecule has 3 saturated heterocycles. The first-order valence-electron chi connectivity index (χ1n) is 28.9. The van der Waals surface area contributed by atoms with Gasteiger partial charge in [0.05, 0.1) is 36.8 Å². The molecular formula is C61H82N12O6. The van der Waals surface area contributed by atoms with Crippen LogP contribution in [0.3, 0.4) is 0 Å². The number of hydrogen-bond donors (Lipinski definition) is 0. The van der Waals surface area contributed by atoms with E-state index < -0.39 is 43.6 Å². The van der Waals surface area contributed by atoms with Gasteiger partial charge in [0.25, 0.3) is 5.70 Å². The highest BCUT2D eigenvalue weighted by atomic mass is 16.6. The average molecular weight is 1080 g/mol. The lowest BCUT2D eigenvalue weighted by Gasteiger charge is -2.37. The van der Waals surface area contributed by atoms with Crippen molar-refractivity contribution in [3.8, 4) is 24.3 Å². The summed E-state index contributed by atoms with van der Waals surface area (Å²) in [6.45, 7) is 28.4. The number of likely N-dealkylation sites (tertiary alicyclic amines) is 3. The molecule has 18 nitrogen and oxygen atoms in total. The normalized spacial score (nSPS) is 23.0. The van der Waals surface area contributed by atoms with Crippen molar-refractivity contribution in [2.75, 3.05) is 99.9 Å². The van der Waals surface area contributed by atoms with Gasteiger partial charge in [0.15, 0.2) is 5.70 Å². The smallest absolute Gasteiger partial charge is 0.349 e. The van der Waals surface area contributed by atoms with E-state index in [0.29, 0.717) is 36.0 Å². The number of rotatable bonds is 24. The van der Waals surface area contributed by atoms with Crippen LogP contribution in [0.2, 0.25) is 0 Å². The van der Waals surface area contributed by atoms with Crippen molar-refractivity contribution in [3.05, 3.63) is 90.3 Å². The first kappa shape index (κ1) is 61.3. The number of unbranched alkanes of at least 4 members (excludes halogenated alkanes) is 3. The molecule has 0 saturated carbocycles. The molecule has 3 heterocycles. The Morgan fingerprint density at radius 3 is 1.22 bits per heavy atom. The summed E-state index contributed by atoms with van der Waals surface area (Å²) in [7, 11) is 6.06. The zero-order valence-corrected chi connectivity index (χ0v) is 47.8. The maximum Gasteiger partial charge on any atom is 0.349 e. The first-order valence-corrected chi connectivity index (χ1v) is 28.9. The van der Waals surface area contributed by atoms with E-state index >= 15 is 0 Å². The van der Waals surface area contributed by atoms with Crippen molar-refractivity contribution in [1.82, 2.24) is 29.4 Å². The van der Waals surface area contributed by atoms with Crippen LogP contribution in [0.5, 0.6) is 0 Å². The molecule has 0 radical (unpaired) electrons. The minimum Gasteiger partial charge on any atom is -0.470 e. The summed E-state index contributed by atoms with van der Waals surface area (Å²) in [6, 6.07) is 8.52. The number of esters is 3. The van der Waals surface area contributed by atoms with E-state index in [2.05, 4.69) is 84.1 Å². The standard InChI is InChI=1S/C61H82N12O6/c1-9-12-21-68(6)44-30-47(50(36-62)54(33-44)71-24-15-16-25-71)52(38-64)59(74)77-40-43(41-78-60(75)53(39-65)48-31-45(69(7)22-13-10-2)34-55(51(48)37-63)72-26-17-18-27-72)42-79-61(76)58(67-5)49-32-46(70(8)23-14-11-3)35-56(57(49)66-4)73-28-19-20-29-73/h43-46H,9-35,40-42H2,1-3,6-8H3/b52-47+,53-48+,58-49-. The van der Waals surface area contributed by atoms with Crippen LogP contribution in [0.15, 0.2) is 67.5 Å². The summed E-state index contributed by atoms with van der Waals surface area (Å²) in [6.07, 6.45) is 14.2. The van der Waals surface area contributed by atoms with E-state index in [0.717, 1.165) is 153 Å². The van der Waals surface area contributed by atoms with Crippen LogP contribution < -0.4 is 0 Å². The summed E-state index contributed by atoms with van der Waals surface area (Å²) in [5.74, 6) is -4.09. The molecule has 3 unspecified atom stereocenters. The van der Waals surface area contributed by atoms with Gasteiger partial charge < -0.3 is 43.6 Å². The van der Waals surface area contributed by atoms with Gasteiger partial charge in [-0.2, -0.15) is 21.0 Å². The molecule has 3 aliphatic carbocycles. The maximum atomic E-state index is 14.4. The largest absolute Gasteiger partial charge is 0.470 e. The lowest BCUT2D eigenvalue weighted by molar-refractivity contribution is -0.148. The van der Waals surface area contributed by atoms with Gasteiger partial charge in [0, 0.05) is 87.3 Å². The third-order valence-electron chi connectivity index (χ3n) is 16.8. The Bertz CT molecular complexity index is 2400. The molecule has 422 valence electrons. The Balaban J connectivity index is 1.35. The number of hydrogen-bond acceptors (Lipinski definition) is 16. The molecule has 18 heteroatoms. The third kappa shape index (κ3) is 15.3. The van der Waals surface area contributed by atoms with Crippen molar-refractivity contribution in [3.63, 3.8) is 0 Å². The van der Waals surface area contributed by atoms with Gasteiger partial charge in [0.1, 0.15) is 48.6 Å². The molecule has 0 aromatic carbocycles. The van der Waals surface area contributed by atoms with Crippen LogP contribution in [0.4, 0.5) is 0 Å². The van der Waals surface area contributed by atoms with E-state index in [-0.39, 0.29) is 71.1 Å². The molecular weight excluding hydrogens is 997 g/mol. The van der Waals surface area contributed by atoms with Gasteiger partial charge in [-0.3, -0.25) is 4.79 Å². The van der Waals surface area contributed by atoms with E-state index in [9.17, 15) is 35.4 Å². The van der Waals surface area contributed by atoms with Crippen LogP contribution in [-0.4, -0.2) is 165 Å². The fraction of sp³-hybridized carbons (Fsp3) is 0.656. The SMILES string of the molecule is [C-]#[N+]C1=C(N2CCCC2)CC(N(C)CCCC)C/C1=C(/[N+]#[C-])C(=O)OCC(COC(=O)/C(C#N)=C1\CC(N(C)CCCC)CC(N2CCCC2)=C1C#N)COC(=O)/C(C#N)=C1\CC(N(C)CCCC)CC(N2CCCC2)=C1C#N. The van der Waals surface area contributed by atoms with Crippen molar-refractivity contribution in [2.45, 2.75) is 154 Å². The van der Waals surface area contributed by atoms with Crippen LogP contribution in [-0.2, 0) is 28.6 Å². The van der Waals surface area contributed by atoms with Crippen LogP contribution >= 0.6 is 0 Å². The maximum absolute atomic E-state index is 14.4. The fourth-order valence-electron chi connectivity index (χ4n) is 11.9. The molecule has 0 N–H and O–H groups in total. The minimum absolute atomic E-state index is 0.0799. The molecule has 0 bridgehead atoms. The van der Waals surface area contributed by atoms with Crippen molar-refractivity contribution < 1.29 is 28.6 Å². The highest BCUT2D eigenvalue weighted by Gasteiger charge is 2.39. The number of nitrogens with zero attached hydrogens (tertiary/aromatic N) is 12. The Morgan fingerprint density at radius 2 is 0.886 bits per heavy atom.